The first-order chi connectivity index (χ1) is 50.4. The molecular formula is C46H51F51O12Si9. The van der Waals surface area contributed by atoms with Gasteiger partial charge >= 0.3 is 187 Å². The predicted octanol–water partition coefficient (Wildman–Crippen LogP) is 19.6. The van der Waals surface area contributed by atoms with Gasteiger partial charge < -0.3 is 52.0 Å². The van der Waals surface area contributed by atoms with Crippen molar-refractivity contribution in [3.05, 3.63) is 0 Å². The van der Waals surface area contributed by atoms with Crippen LogP contribution in [-0.4, -0.2) is 251 Å². The van der Waals surface area contributed by atoms with Crippen molar-refractivity contribution in [2.45, 2.75) is 281 Å². The van der Waals surface area contributed by atoms with Crippen LogP contribution in [0.4, 0.5) is 224 Å². The second-order valence-corrected chi connectivity index (χ2v) is 60.2. The third kappa shape index (κ3) is 13.5. The van der Waals surface area contributed by atoms with E-state index in [0.29, 0.717) is 52.8 Å². The predicted molar refractivity (Wildman–Crippen MR) is 300 cm³/mol. The Labute approximate surface area is 633 Å². The lowest BCUT2D eigenvalue weighted by Gasteiger charge is -2.67. The van der Waals surface area contributed by atoms with Crippen molar-refractivity contribution in [3.8, 4) is 0 Å². The zero-order chi connectivity index (χ0) is 94.9. The normalized spacial score (nSPS) is 31.2. The number of halogens is 51. The molecule has 72 heteroatoms. The van der Waals surface area contributed by atoms with Gasteiger partial charge in [-0.15, -0.1) is 0 Å². The minimum absolute atomic E-state index is 0.106. The van der Waals surface area contributed by atoms with Crippen LogP contribution in [0, 0.1) is 0 Å². The summed E-state index contributed by atoms with van der Waals surface area (Å²) in [6.07, 6.45) is -36.7. The fourth-order valence-electron chi connectivity index (χ4n) is 13.6. The average Bonchev–Trinajstić information content (AvgIpc) is 1.45. The molecular weight excluding hydrogens is 1970 g/mol. The molecule has 9 atom stereocenters. The van der Waals surface area contributed by atoms with Crippen molar-refractivity contribution in [1.82, 2.24) is 0 Å². The van der Waals surface area contributed by atoms with Crippen LogP contribution < -0.4 is 0 Å². The maximum Gasteiger partial charge on any atom is 0.494 e. The lowest BCUT2D eigenvalue weighted by molar-refractivity contribution is -0.461. The van der Waals surface area contributed by atoms with E-state index in [1.165, 1.54) is 0 Å². The molecule has 0 saturated carbocycles. The number of aliphatic hydroxyl groups is 1. The number of rotatable bonds is 28. The lowest BCUT2D eigenvalue weighted by Crippen LogP contribution is -2.94. The highest BCUT2D eigenvalue weighted by molar-refractivity contribution is 7.00. The van der Waals surface area contributed by atoms with Gasteiger partial charge in [0.2, 0.25) is 33.3 Å². The van der Waals surface area contributed by atoms with Crippen LogP contribution >= 0.6 is 0 Å². The number of alkyl halides is 51. The molecule has 6 heterocycles. The van der Waals surface area contributed by atoms with Crippen LogP contribution in [0.15, 0.2) is 0 Å². The summed E-state index contributed by atoms with van der Waals surface area (Å²) >= 11 is 0. The van der Waals surface area contributed by atoms with Gasteiger partial charge in [0, 0.05) is 44.4 Å². The molecule has 12 nitrogen and oxygen atoms in total. The molecule has 118 heavy (non-hydrogen) atoms. The highest BCUT2D eigenvalue weighted by Crippen LogP contribution is 2.73. The monoisotopic (exact) mass is 2020 g/mol. The molecule has 6 fully saturated rings. The highest BCUT2D eigenvalue weighted by Gasteiger charge is 3.01. The van der Waals surface area contributed by atoms with Crippen LogP contribution in [0.2, 0.25) is 83.6 Å². The first kappa shape index (κ1) is 106. The zero-order valence-electron chi connectivity index (χ0n) is 59.1. The Morgan fingerprint density at radius 3 is 0.805 bits per heavy atom. The standard InChI is InChI=1S/C46H51F51O12Si9/c1-19-42(98,43-20(2)101-118(102-43,109-116(12,105-112(20,5)6)107-114(43,9)10)18-15-23(51,52)26(57,58)29(63,64)32(69,70)35(75,76)38(81,82)41(87,88)46(95,96)97)113(7,8)106-115(11,104-111(19,3)4)108-117(99,17-14-22(49,50)25(55,56)28(61,62)31(67,68)34(73,74)37(79,80)40(85,86)45(92,93)94)103-110(100-19)16-13-21(47,48)24(53,54)27(59,60)30(65,66)33(71,72)36(77,78)39(83,84)44(89,90)91/h98-99,110H,13-18H2,1-12H3. The Bertz CT molecular complexity index is 3770. The van der Waals surface area contributed by atoms with Crippen molar-refractivity contribution in [3.63, 3.8) is 0 Å². The highest BCUT2D eigenvalue weighted by atomic mass is 28.5. The SMILES string of the molecule is CC12O[SiH](CCC(F)(F)C(F)(F)C(F)(F)C(F)(F)C(F)(F)C(F)(F)C(F)(F)C(F)(F)F)O[Si](O)(CCC(F)(F)C(F)(F)C(F)(F)C(F)(F)C(F)(F)C(F)(F)C(F)(F)C(F)(F)F)O[Si](C)(O[Si]1(C)C)O[Si](C)(C)C2(O)C12O[Si]3(CCC(F)(F)C(F)(F)C(F)(F)C(F)(F)C(F)(F)C(F)(F)C(F)(F)C(F)(F)F)OC1(C)[Si](C)(C)O[Si](C)(O3)O[Si]2(C)C. The summed E-state index contributed by atoms with van der Waals surface area (Å²) in [5, 5.41) is -1.07. The number of hydrogen-bond donors (Lipinski definition) is 2. The fraction of sp³-hybridized carbons (Fsp3) is 1.00. The Morgan fingerprint density at radius 1 is 0.271 bits per heavy atom. The van der Waals surface area contributed by atoms with Gasteiger partial charge in [-0.25, -0.2) is 0 Å². The summed E-state index contributed by atoms with van der Waals surface area (Å²) < 4.78 is 802. The summed E-state index contributed by atoms with van der Waals surface area (Å²) in [6.45, 7) is 5.51. The third-order valence-corrected chi connectivity index (χ3v) is 59.1. The van der Waals surface area contributed by atoms with E-state index in [0.717, 1.165) is 13.1 Å². The molecule has 0 radical (unpaired) electrons. The van der Waals surface area contributed by atoms with E-state index in [2.05, 4.69) is 0 Å². The molecule has 0 aromatic carbocycles. The molecule has 6 bridgehead atoms. The second kappa shape index (κ2) is 27.5. The third-order valence-electron chi connectivity index (χ3n) is 20.2. The van der Waals surface area contributed by atoms with Gasteiger partial charge in [-0.05, 0) is 72.3 Å². The van der Waals surface area contributed by atoms with Gasteiger partial charge in [-0.2, -0.15) is 224 Å². The van der Waals surface area contributed by atoms with E-state index in [-0.39, 0.29) is 13.5 Å². The van der Waals surface area contributed by atoms with Gasteiger partial charge in [0.05, 0.1) is 0 Å². The molecule has 0 aromatic rings. The molecule has 0 aliphatic carbocycles. The van der Waals surface area contributed by atoms with Crippen LogP contribution in [0.25, 0.3) is 0 Å². The molecule has 0 aromatic heterocycles. The quantitative estimate of drug-likeness (QED) is 0.0571. The van der Waals surface area contributed by atoms with Gasteiger partial charge in [-0.1, -0.05) is 0 Å². The smallest absolute Gasteiger partial charge is 0.414 e. The van der Waals surface area contributed by atoms with Crippen molar-refractivity contribution >= 4 is 77.8 Å². The van der Waals surface area contributed by atoms with Gasteiger partial charge in [0.25, 0.3) is 0 Å². The molecule has 0 spiro atoms. The van der Waals surface area contributed by atoms with E-state index < -0.39 is 279 Å². The lowest BCUT2D eigenvalue weighted by atomic mass is 9.88. The maximum atomic E-state index is 16.3. The van der Waals surface area contributed by atoms with Crippen molar-refractivity contribution < 1.29 is 276 Å². The minimum atomic E-state index is -9.49. The summed E-state index contributed by atoms with van der Waals surface area (Å²) in [5.41, 5.74) is 0. The number of hydrogen-bond acceptors (Lipinski definition) is 12. The molecule has 6 saturated heterocycles. The minimum Gasteiger partial charge on any atom is -0.414 e. The average molecular weight is 2020 g/mol. The van der Waals surface area contributed by atoms with E-state index in [4.69, 9.17) is 42.1 Å². The maximum absolute atomic E-state index is 16.3. The van der Waals surface area contributed by atoms with E-state index in [9.17, 15) is 146 Å². The van der Waals surface area contributed by atoms with E-state index in [1.54, 1.807) is 0 Å². The van der Waals surface area contributed by atoms with Crippen LogP contribution in [0.5, 0.6) is 0 Å². The summed E-state index contributed by atoms with van der Waals surface area (Å²) in [4.78, 5) is 12.2. The van der Waals surface area contributed by atoms with Crippen LogP contribution in [0.3, 0.4) is 0 Å². The van der Waals surface area contributed by atoms with Crippen LogP contribution in [0.1, 0.15) is 33.1 Å². The first-order valence-electron chi connectivity index (χ1n) is 30.9. The van der Waals surface area contributed by atoms with Crippen molar-refractivity contribution in [2.75, 3.05) is 0 Å². The summed E-state index contributed by atoms with van der Waals surface area (Å²) in [6, 6.07) is -9.31. The second-order valence-electron chi connectivity index (χ2n) is 29.6. The van der Waals surface area contributed by atoms with Crippen molar-refractivity contribution in [2.24, 2.45) is 0 Å². The Kier molecular flexibility index (Phi) is 24.8. The van der Waals surface area contributed by atoms with Crippen LogP contribution in [-0.2, 0) is 42.1 Å². The molecule has 6 aliphatic heterocycles. The van der Waals surface area contributed by atoms with Gasteiger partial charge in [-0.3, -0.25) is 0 Å². The molecule has 6 rings (SSSR count). The molecule has 700 valence electrons. The Morgan fingerprint density at radius 2 is 0.508 bits per heavy atom. The van der Waals surface area contributed by atoms with Crippen molar-refractivity contribution in [1.29, 1.82) is 0 Å². The summed E-state index contributed by atoms with van der Waals surface area (Å²) in [5.74, 6) is -187. The zero-order valence-corrected chi connectivity index (χ0v) is 68.2. The fourth-order valence-corrected chi connectivity index (χ4v) is 65.4. The number of fused-ring (bicyclic) bond motifs is 5. The Balaban J connectivity index is 1.89. The molecule has 6 aliphatic rings. The first-order valence-corrected chi connectivity index (χ1v) is 52.7. The Hall–Kier alpha value is -2.10. The molecule has 9 unspecified atom stereocenters. The summed E-state index contributed by atoms with van der Waals surface area (Å²) in [7, 11) is -56.2. The topological polar surface area (TPSA) is 133 Å². The largest absolute Gasteiger partial charge is 0.494 e. The van der Waals surface area contributed by atoms with E-state index >= 15 is 87.8 Å². The van der Waals surface area contributed by atoms with Gasteiger partial charge in [0.15, 0.2) is 0 Å². The molecule has 0 amide bonds. The van der Waals surface area contributed by atoms with Gasteiger partial charge in [0.1, 0.15) is 20.9 Å². The van der Waals surface area contributed by atoms with E-state index in [1.807, 2.05) is 0 Å². The molecule has 2 N–H and O–H groups in total.